The summed E-state index contributed by atoms with van der Waals surface area (Å²) in [5.74, 6) is -0.690. The molecule has 3 rings (SSSR count). The number of rotatable bonds is 8. The van der Waals surface area contributed by atoms with Crippen molar-refractivity contribution in [1.29, 1.82) is 0 Å². The van der Waals surface area contributed by atoms with Crippen molar-refractivity contribution in [3.8, 4) is 5.75 Å². The first-order valence-corrected chi connectivity index (χ1v) is 11.5. The van der Waals surface area contributed by atoms with Gasteiger partial charge in [0.1, 0.15) is 12.3 Å². The summed E-state index contributed by atoms with van der Waals surface area (Å²) in [6, 6.07) is 20.4. The Hall–Kier alpha value is -3.69. The van der Waals surface area contributed by atoms with Crippen LogP contribution in [0.1, 0.15) is 12.5 Å². The number of amides is 1. The van der Waals surface area contributed by atoms with Crippen LogP contribution in [0.5, 0.6) is 5.75 Å². The minimum Gasteiger partial charge on any atom is -0.427 e. The number of esters is 1. The monoisotopic (exact) mass is 485 g/mol. The molecule has 0 heterocycles. The number of sulfonamides is 1. The van der Waals surface area contributed by atoms with Crippen LogP contribution in [-0.4, -0.2) is 33.1 Å². The molecule has 33 heavy (non-hydrogen) atoms. The fourth-order valence-electron chi connectivity index (χ4n) is 2.77. The van der Waals surface area contributed by atoms with Crippen molar-refractivity contribution in [3.63, 3.8) is 0 Å². The van der Waals surface area contributed by atoms with E-state index in [-0.39, 0.29) is 10.6 Å². The number of nitrogens with zero attached hydrogens (tertiary/aromatic N) is 2. The maximum absolute atomic E-state index is 13.2. The molecule has 0 radical (unpaired) electrons. The summed E-state index contributed by atoms with van der Waals surface area (Å²) in [5.41, 5.74) is 3.24. The lowest BCUT2D eigenvalue weighted by atomic mass is 10.2. The second-order valence-electron chi connectivity index (χ2n) is 6.76. The lowest BCUT2D eigenvalue weighted by Gasteiger charge is -2.23. The maximum atomic E-state index is 13.2. The summed E-state index contributed by atoms with van der Waals surface area (Å²) < 4.78 is 32.3. The summed E-state index contributed by atoms with van der Waals surface area (Å²) in [4.78, 5) is 23.5. The number of carbonyl (C=O) groups is 2. The van der Waals surface area contributed by atoms with E-state index in [4.69, 9.17) is 16.3 Å². The summed E-state index contributed by atoms with van der Waals surface area (Å²) in [6.45, 7) is 0.803. The molecule has 0 fully saturated rings. The normalized spacial score (nSPS) is 11.2. The number of carbonyl (C=O) groups excluding carboxylic acids is 2. The predicted octanol–water partition coefficient (Wildman–Crippen LogP) is 3.61. The Morgan fingerprint density at radius 3 is 2.24 bits per heavy atom. The van der Waals surface area contributed by atoms with Crippen LogP contribution in [0.2, 0.25) is 5.02 Å². The van der Waals surface area contributed by atoms with Crippen LogP contribution in [-0.2, 0) is 19.6 Å². The molecule has 1 amide bonds. The summed E-state index contributed by atoms with van der Waals surface area (Å²) in [7, 11) is -4.02. The molecule has 0 aliphatic rings. The molecule has 3 aromatic carbocycles. The van der Waals surface area contributed by atoms with Crippen molar-refractivity contribution in [1.82, 2.24) is 5.43 Å². The van der Waals surface area contributed by atoms with E-state index in [1.165, 1.54) is 37.4 Å². The van der Waals surface area contributed by atoms with Crippen molar-refractivity contribution in [2.75, 3.05) is 10.8 Å². The summed E-state index contributed by atoms with van der Waals surface area (Å²) >= 11 is 5.92. The van der Waals surface area contributed by atoms with Crippen LogP contribution < -0.4 is 14.5 Å². The van der Waals surface area contributed by atoms with E-state index >= 15 is 0 Å². The van der Waals surface area contributed by atoms with Gasteiger partial charge in [-0.05, 0) is 66.2 Å². The highest BCUT2D eigenvalue weighted by molar-refractivity contribution is 7.92. The van der Waals surface area contributed by atoms with Crippen LogP contribution in [0, 0.1) is 0 Å². The average molecular weight is 486 g/mol. The standard InChI is InChI=1S/C23H20ClN3O5S/c1-17(28)32-21-13-7-18(8-14-21)15-25-26-23(29)16-27(20-11-9-19(24)10-12-20)33(30,31)22-5-3-2-4-6-22/h2-15H,16H2,1H3,(H,26,29)/b25-15-. The van der Waals surface area contributed by atoms with E-state index in [1.807, 2.05) is 0 Å². The number of hydrazone groups is 1. The topological polar surface area (TPSA) is 105 Å². The molecule has 0 aliphatic carbocycles. The minimum absolute atomic E-state index is 0.0455. The van der Waals surface area contributed by atoms with Crippen molar-refractivity contribution in [2.45, 2.75) is 11.8 Å². The van der Waals surface area contributed by atoms with Crippen LogP contribution in [0.15, 0.2) is 88.9 Å². The van der Waals surface area contributed by atoms with E-state index in [0.29, 0.717) is 16.3 Å². The van der Waals surface area contributed by atoms with Gasteiger partial charge in [-0.15, -0.1) is 0 Å². The van der Waals surface area contributed by atoms with Gasteiger partial charge in [-0.2, -0.15) is 5.10 Å². The molecule has 0 aromatic heterocycles. The number of ether oxygens (including phenoxy) is 1. The average Bonchev–Trinajstić information content (AvgIpc) is 2.79. The van der Waals surface area contributed by atoms with E-state index < -0.39 is 28.4 Å². The zero-order chi connectivity index (χ0) is 23.8. The molecule has 1 N–H and O–H groups in total. The second-order valence-corrected chi connectivity index (χ2v) is 9.06. The lowest BCUT2D eigenvalue weighted by molar-refractivity contribution is -0.131. The SMILES string of the molecule is CC(=O)Oc1ccc(/C=N\NC(=O)CN(c2ccc(Cl)cc2)S(=O)(=O)c2ccccc2)cc1. The molecule has 3 aromatic rings. The van der Waals surface area contributed by atoms with Gasteiger partial charge in [0.05, 0.1) is 16.8 Å². The van der Waals surface area contributed by atoms with Gasteiger partial charge in [-0.25, -0.2) is 13.8 Å². The highest BCUT2D eigenvalue weighted by Gasteiger charge is 2.27. The van der Waals surface area contributed by atoms with Crippen LogP contribution in [0.3, 0.4) is 0 Å². The molecule has 0 unspecified atom stereocenters. The first-order valence-electron chi connectivity index (χ1n) is 9.69. The van der Waals surface area contributed by atoms with E-state index in [9.17, 15) is 18.0 Å². The number of benzene rings is 3. The van der Waals surface area contributed by atoms with Crippen molar-refractivity contribution < 1.29 is 22.7 Å². The Kier molecular flexibility index (Phi) is 7.81. The number of anilines is 1. The Morgan fingerprint density at radius 2 is 1.64 bits per heavy atom. The maximum Gasteiger partial charge on any atom is 0.308 e. The molecule has 0 atom stereocenters. The first kappa shape index (κ1) is 24.0. The predicted molar refractivity (Wildman–Crippen MR) is 126 cm³/mol. The highest BCUT2D eigenvalue weighted by Crippen LogP contribution is 2.25. The van der Waals surface area contributed by atoms with Gasteiger partial charge in [0.15, 0.2) is 0 Å². The Bertz CT molecular complexity index is 1250. The molecule has 0 saturated carbocycles. The fourth-order valence-corrected chi connectivity index (χ4v) is 4.34. The van der Waals surface area contributed by atoms with Gasteiger partial charge in [-0.3, -0.25) is 13.9 Å². The van der Waals surface area contributed by atoms with Crippen molar-refractivity contribution in [3.05, 3.63) is 89.4 Å². The van der Waals surface area contributed by atoms with Gasteiger partial charge >= 0.3 is 5.97 Å². The zero-order valence-corrected chi connectivity index (χ0v) is 19.1. The minimum atomic E-state index is -4.02. The van der Waals surface area contributed by atoms with E-state index in [1.54, 1.807) is 54.6 Å². The quantitative estimate of drug-likeness (QED) is 0.227. The number of halogens is 1. The number of nitrogens with one attached hydrogen (secondary N) is 1. The van der Waals surface area contributed by atoms with Crippen LogP contribution >= 0.6 is 11.6 Å². The smallest absolute Gasteiger partial charge is 0.308 e. The number of hydrogen-bond acceptors (Lipinski definition) is 6. The zero-order valence-electron chi connectivity index (χ0n) is 17.5. The van der Waals surface area contributed by atoms with Crippen molar-refractivity contribution >= 4 is 45.4 Å². The van der Waals surface area contributed by atoms with Crippen molar-refractivity contribution in [2.24, 2.45) is 5.10 Å². The van der Waals surface area contributed by atoms with Gasteiger partial charge in [0.25, 0.3) is 15.9 Å². The molecular formula is C23H20ClN3O5S. The molecule has 8 nitrogen and oxygen atoms in total. The molecule has 0 spiro atoms. The van der Waals surface area contributed by atoms with Gasteiger partial charge in [0, 0.05) is 11.9 Å². The largest absolute Gasteiger partial charge is 0.427 e. The van der Waals surface area contributed by atoms with E-state index in [0.717, 1.165) is 4.31 Å². The van der Waals surface area contributed by atoms with Gasteiger partial charge < -0.3 is 4.74 Å². The molecule has 0 aliphatic heterocycles. The van der Waals surface area contributed by atoms with Crippen LogP contribution in [0.25, 0.3) is 0 Å². The molecule has 0 saturated heterocycles. The lowest BCUT2D eigenvalue weighted by Crippen LogP contribution is -2.39. The third-order valence-electron chi connectivity index (χ3n) is 4.28. The third kappa shape index (κ3) is 6.64. The molecule has 10 heteroatoms. The van der Waals surface area contributed by atoms with E-state index in [2.05, 4.69) is 10.5 Å². The Morgan fingerprint density at radius 1 is 1.00 bits per heavy atom. The number of hydrogen-bond donors (Lipinski definition) is 1. The molecule has 170 valence electrons. The summed E-state index contributed by atoms with van der Waals surface area (Å²) in [5, 5.41) is 4.31. The van der Waals surface area contributed by atoms with Crippen LogP contribution in [0.4, 0.5) is 5.69 Å². The highest BCUT2D eigenvalue weighted by atomic mass is 35.5. The molecular weight excluding hydrogens is 466 g/mol. The first-order chi connectivity index (χ1) is 15.8. The van der Waals surface area contributed by atoms with Gasteiger partial charge in [-0.1, -0.05) is 29.8 Å². The third-order valence-corrected chi connectivity index (χ3v) is 6.32. The summed E-state index contributed by atoms with van der Waals surface area (Å²) in [6.07, 6.45) is 1.38. The fraction of sp³-hybridized carbons (Fsp3) is 0.0870. The Labute approximate surface area is 196 Å². The van der Waals surface area contributed by atoms with Gasteiger partial charge in [0.2, 0.25) is 0 Å². The second kappa shape index (κ2) is 10.8. The Balaban J connectivity index is 1.74. The molecule has 0 bridgehead atoms.